The Bertz CT molecular complexity index is 502. The van der Waals surface area contributed by atoms with Crippen molar-refractivity contribution in [3.63, 3.8) is 0 Å². The molecule has 0 heterocycles. The van der Waals surface area contributed by atoms with Gasteiger partial charge in [0.05, 0.1) is 6.61 Å². The van der Waals surface area contributed by atoms with E-state index in [9.17, 15) is 4.39 Å². The highest BCUT2D eigenvalue weighted by Gasteiger charge is 2.03. The van der Waals surface area contributed by atoms with Crippen molar-refractivity contribution in [2.24, 2.45) is 0 Å². The van der Waals surface area contributed by atoms with Crippen LogP contribution in [0.1, 0.15) is 5.56 Å². The quantitative estimate of drug-likeness (QED) is 0.502. The second-order valence-electron chi connectivity index (χ2n) is 3.79. The highest BCUT2D eigenvalue weighted by molar-refractivity contribution is 5.42. The number of nitrogen functional groups attached to an aromatic ring is 1. The fourth-order valence-electron chi connectivity index (χ4n) is 1.47. The minimum atomic E-state index is -0.488. The topological polar surface area (TPSA) is 44.5 Å². The van der Waals surface area contributed by atoms with Crippen LogP contribution in [-0.4, -0.2) is 6.79 Å². The second-order valence-corrected chi connectivity index (χ2v) is 3.79. The number of hydrogen-bond acceptors (Lipinski definition) is 3. The largest absolute Gasteiger partial charge is 0.464 e. The van der Waals surface area contributed by atoms with Gasteiger partial charge in [-0.15, -0.1) is 0 Å². The Morgan fingerprint density at radius 3 is 2.56 bits per heavy atom. The van der Waals surface area contributed by atoms with Crippen LogP contribution in [0.2, 0.25) is 0 Å². The van der Waals surface area contributed by atoms with E-state index in [0.29, 0.717) is 12.3 Å². The predicted molar refractivity (Wildman–Crippen MR) is 67.5 cm³/mol. The molecule has 0 saturated heterocycles. The molecule has 0 fully saturated rings. The molecule has 0 aliphatic rings. The standard InChI is InChI=1S/C14H14FNO2/c15-13-8-12(16)6-7-14(13)18-10-17-9-11-4-2-1-3-5-11/h1-8H,9-10,16H2. The molecule has 2 aromatic carbocycles. The predicted octanol–water partition coefficient (Wildman–Crippen LogP) is 2.96. The Kier molecular flexibility index (Phi) is 4.15. The number of halogens is 1. The van der Waals surface area contributed by atoms with Gasteiger partial charge in [-0.25, -0.2) is 4.39 Å². The summed E-state index contributed by atoms with van der Waals surface area (Å²) >= 11 is 0. The molecule has 18 heavy (non-hydrogen) atoms. The molecule has 0 aliphatic heterocycles. The van der Waals surface area contributed by atoms with Crippen LogP contribution in [-0.2, 0) is 11.3 Å². The van der Waals surface area contributed by atoms with E-state index >= 15 is 0 Å². The lowest BCUT2D eigenvalue weighted by molar-refractivity contribution is 0.00304. The molecule has 0 atom stereocenters. The monoisotopic (exact) mass is 247 g/mol. The molecule has 2 aromatic rings. The van der Waals surface area contributed by atoms with Crippen molar-refractivity contribution in [3.8, 4) is 5.75 Å². The number of nitrogens with two attached hydrogens (primary N) is 1. The third-order valence-electron chi connectivity index (χ3n) is 2.37. The third-order valence-corrected chi connectivity index (χ3v) is 2.37. The van der Waals surface area contributed by atoms with E-state index in [-0.39, 0.29) is 12.5 Å². The normalized spacial score (nSPS) is 10.3. The minimum Gasteiger partial charge on any atom is -0.464 e. The first kappa shape index (κ1) is 12.4. The van der Waals surface area contributed by atoms with Crippen LogP contribution in [0.4, 0.5) is 10.1 Å². The average molecular weight is 247 g/mol. The Morgan fingerprint density at radius 1 is 1.06 bits per heavy atom. The summed E-state index contributed by atoms with van der Waals surface area (Å²) in [6, 6.07) is 14.0. The molecule has 94 valence electrons. The van der Waals surface area contributed by atoms with E-state index in [0.717, 1.165) is 5.56 Å². The summed E-state index contributed by atoms with van der Waals surface area (Å²) in [6.45, 7) is 0.424. The van der Waals surface area contributed by atoms with Crippen LogP contribution < -0.4 is 10.5 Å². The zero-order valence-electron chi connectivity index (χ0n) is 9.80. The highest BCUT2D eigenvalue weighted by atomic mass is 19.1. The SMILES string of the molecule is Nc1ccc(OCOCc2ccccc2)c(F)c1. The van der Waals surface area contributed by atoms with Crippen LogP contribution >= 0.6 is 0 Å². The summed E-state index contributed by atoms with van der Waals surface area (Å²) in [4.78, 5) is 0. The van der Waals surface area contributed by atoms with Crippen molar-refractivity contribution in [3.05, 3.63) is 59.9 Å². The van der Waals surface area contributed by atoms with Crippen LogP contribution in [0.15, 0.2) is 48.5 Å². The van der Waals surface area contributed by atoms with Gasteiger partial charge in [0.15, 0.2) is 18.4 Å². The number of rotatable bonds is 5. The molecule has 0 radical (unpaired) electrons. The number of benzene rings is 2. The van der Waals surface area contributed by atoms with Gasteiger partial charge in [-0.05, 0) is 17.7 Å². The lowest BCUT2D eigenvalue weighted by atomic mass is 10.2. The van der Waals surface area contributed by atoms with Crippen molar-refractivity contribution >= 4 is 5.69 Å². The van der Waals surface area contributed by atoms with Gasteiger partial charge >= 0.3 is 0 Å². The fraction of sp³-hybridized carbons (Fsp3) is 0.143. The maximum atomic E-state index is 13.3. The Morgan fingerprint density at radius 2 is 1.83 bits per heavy atom. The van der Waals surface area contributed by atoms with Gasteiger partial charge in [-0.2, -0.15) is 0 Å². The molecule has 2 N–H and O–H groups in total. The van der Waals surface area contributed by atoms with E-state index < -0.39 is 5.82 Å². The average Bonchev–Trinajstić information content (AvgIpc) is 2.38. The van der Waals surface area contributed by atoms with E-state index in [2.05, 4.69) is 0 Å². The van der Waals surface area contributed by atoms with Crippen molar-refractivity contribution < 1.29 is 13.9 Å². The van der Waals surface area contributed by atoms with Crippen molar-refractivity contribution in [1.82, 2.24) is 0 Å². The van der Waals surface area contributed by atoms with Gasteiger partial charge in [0, 0.05) is 11.8 Å². The van der Waals surface area contributed by atoms with Gasteiger partial charge < -0.3 is 15.2 Å². The highest BCUT2D eigenvalue weighted by Crippen LogP contribution is 2.19. The maximum absolute atomic E-state index is 13.3. The zero-order valence-corrected chi connectivity index (χ0v) is 9.80. The number of hydrogen-bond donors (Lipinski definition) is 1. The summed E-state index contributed by atoms with van der Waals surface area (Å²) in [7, 11) is 0. The van der Waals surface area contributed by atoms with E-state index in [1.807, 2.05) is 30.3 Å². The first-order valence-corrected chi connectivity index (χ1v) is 5.55. The van der Waals surface area contributed by atoms with Gasteiger partial charge in [-0.3, -0.25) is 0 Å². The van der Waals surface area contributed by atoms with Crippen molar-refractivity contribution in [1.29, 1.82) is 0 Å². The molecule has 0 saturated carbocycles. The first-order valence-electron chi connectivity index (χ1n) is 5.55. The van der Waals surface area contributed by atoms with E-state index in [4.69, 9.17) is 15.2 Å². The van der Waals surface area contributed by atoms with Crippen LogP contribution in [0.3, 0.4) is 0 Å². The number of anilines is 1. The van der Waals surface area contributed by atoms with Crippen molar-refractivity contribution in [2.75, 3.05) is 12.5 Å². The van der Waals surface area contributed by atoms with Gasteiger partial charge in [0.2, 0.25) is 0 Å². The smallest absolute Gasteiger partial charge is 0.189 e. The molecule has 0 aliphatic carbocycles. The summed E-state index contributed by atoms with van der Waals surface area (Å²) in [5, 5.41) is 0. The lowest BCUT2D eigenvalue weighted by Crippen LogP contribution is -2.04. The van der Waals surface area contributed by atoms with Gasteiger partial charge in [0.1, 0.15) is 0 Å². The molecule has 0 aromatic heterocycles. The van der Waals surface area contributed by atoms with Gasteiger partial charge in [0.25, 0.3) is 0 Å². The lowest BCUT2D eigenvalue weighted by Gasteiger charge is -2.08. The van der Waals surface area contributed by atoms with Crippen LogP contribution in [0.25, 0.3) is 0 Å². The Hall–Kier alpha value is -2.07. The Labute approximate surface area is 105 Å². The number of ether oxygens (including phenoxy) is 2. The molecule has 0 amide bonds. The summed E-state index contributed by atoms with van der Waals surface area (Å²) in [5.74, 6) is -0.351. The third kappa shape index (κ3) is 3.46. The molecule has 3 nitrogen and oxygen atoms in total. The maximum Gasteiger partial charge on any atom is 0.189 e. The fourth-order valence-corrected chi connectivity index (χ4v) is 1.47. The molecule has 0 unspecified atom stereocenters. The summed E-state index contributed by atoms with van der Waals surface area (Å²) in [6.07, 6.45) is 0. The first-order chi connectivity index (χ1) is 8.75. The second kappa shape index (κ2) is 6.02. The molecular weight excluding hydrogens is 233 g/mol. The molecule has 4 heteroatoms. The van der Waals surface area contributed by atoms with Crippen LogP contribution in [0, 0.1) is 5.82 Å². The van der Waals surface area contributed by atoms with Crippen LogP contribution in [0.5, 0.6) is 5.75 Å². The van der Waals surface area contributed by atoms with E-state index in [1.54, 1.807) is 6.07 Å². The minimum absolute atomic E-state index is 0.00423. The molecule has 0 spiro atoms. The molecular formula is C14H14FNO2. The molecule has 2 rings (SSSR count). The summed E-state index contributed by atoms with van der Waals surface area (Å²) < 4.78 is 23.8. The molecule has 0 bridgehead atoms. The van der Waals surface area contributed by atoms with Crippen molar-refractivity contribution in [2.45, 2.75) is 6.61 Å². The van der Waals surface area contributed by atoms with E-state index in [1.165, 1.54) is 12.1 Å². The zero-order chi connectivity index (χ0) is 12.8. The summed E-state index contributed by atoms with van der Waals surface area (Å²) in [5.41, 5.74) is 6.84. The van der Waals surface area contributed by atoms with Gasteiger partial charge in [-0.1, -0.05) is 30.3 Å². The Balaban J connectivity index is 1.79.